The third kappa shape index (κ3) is 2.60. The number of anilines is 1. The number of hydrogen-bond donors (Lipinski definition) is 2. The Morgan fingerprint density at radius 1 is 1.21 bits per heavy atom. The van der Waals surface area contributed by atoms with Crippen molar-refractivity contribution < 1.29 is 4.79 Å². The van der Waals surface area contributed by atoms with E-state index in [4.69, 9.17) is 0 Å². The summed E-state index contributed by atoms with van der Waals surface area (Å²) in [6.07, 6.45) is 5.53. The Morgan fingerprint density at radius 3 is 2.83 bits per heavy atom. The van der Waals surface area contributed by atoms with Crippen molar-refractivity contribution in [3.8, 4) is 0 Å². The lowest BCUT2D eigenvalue weighted by atomic mass is 9.92. The number of aryl methyl sites for hydroxylation is 1. The summed E-state index contributed by atoms with van der Waals surface area (Å²) >= 11 is 0. The summed E-state index contributed by atoms with van der Waals surface area (Å²) in [4.78, 5) is 16.5. The molecule has 3 aromatic rings. The number of benzene rings is 1. The molecule has 6 heteroatoms. The molecule has 2 N–H and O–H groups in total. The Kier molecular flexibility index (Phi) is 3.45. The summed E-state index contributed by atoms with van der Waals surface area (Å²) in [6.45, 7) is 2.76. The highest BCUT2D eigenvalue weighted by atomic mass is 16.2. The number of carbonyl (C=O) groups excluding carboxylic acids is 1. The third-order valence-corrected chi connectivity index (χ3v) is 4.69. The van der Waals surface area contributed by atoms with Crippen LogP contribution in [0.5, 0.6) is 0 Å². The molecule has 1 aliphatic carbocycles. The summed E-state index contributed by atoms with van der Waals surface area (Å²) in [7, 11) is 0. The van der Waals surface area contributed by atoms with Crippen LogP contribution < -0.4 is 10.6 Å². The second kappa shape index (κ2) is 5.63. The standard InChI is InChI=1S/C18H19N5O/c1-13-4-2-3-5-14(13)18(8-9-18)12-20-17(24)22-16-6-10-19-15-7-11-21-23(15)16/h2-7,10-11H,8-9,12H2,1H3,(H2,20,22,24). The fraction of sp³-hybridized carbons (Fsp3) is 0.278. The lowest BCUT2D eigenvalue weighted by Crippen LogP contribution is -2.36. The van der Waals surface area contributed by atoms with E-state index in [-0.39, 0.29) is 11.4 Å². The first kappa shape index (κ1) is 14.7. The molecule has 1 saturated carbocycles. The lowest BCUT2D eigenvalue weighted by molar-refractivity contribution is 0.251. The summed E-state index contributed by atoms with van der Waals surface area (Å²) in [5, 5.41) is 10.0. The second-order valence-electron chi connectivity index (χ2n) is 6.33. The fourth-order valence-electron chi connectivity index (χ4n) is 3.20. The van der Waals surface area contributed by atoms with Gasteiger partial charge in [0.15, 0.2) is 5.65 Å². The number of hydrogen-bond acceptors (Lipinski definition) is 3. The third-order valence-electron chi connectivity index (χ3n) is 4.69. The van der Waals surface area contributed by atoms with Crippen LogP contribution in [-0.2, 0) is 5.41 Å². The van der Waals surface area contributed by atoms with Gasteiger partial charge in [-0.1, -0.05) is 24.3 Å². The molecule has 2 amide bonds. The quantitative estimate of drug-likeness (QED) is 0.776. The Balaban J connectivity index is 1.44. The van der Waals surface area contributed by atoms with Crippen LogP contribution in [0, 0.1) is 6.92 Å². The summed E-state index contributed by atoms with van der Waals surface area (Å²) < 4.78 is 1.60. The van der Waals surface area contributed by atoms with Crippen molar-refractivity contribution in [2.24, 2.45) is 0 Å². The summed E-state index contributed by atoms with van der Waals surface area (Å²) in [5.74, 6) is 0.600. The van der Waals surface area contributed by atoms with Gasteiger partial charge in [-0.3, -0.25) is 5.32 Å². The van der Waals surface area contributed by atoms with Gasteiger partial charge in [0.25, 0.3) is 0 Å². The van der Waals surface area contributed by atoms with Crippen molar-refractivity contribution in [1.29, 1.82) is 0 Å². The van der Waals surface area contributed by atoms with Crippen molar-refractivity contribution in [1.82, 2.24) is 19.9 Å². The average Bonchev–Trinajstić information content (AvgIpc) is 3.21. The van der Waals surface area contributed by atoms with E-state index in [1.807, 2.05) is 6.07 Å². The smallest absolute Gasteiger partial charge is 0.320 e. The van der Waals surface area contributed by atoms with Crippen LogP contribution in [0.4, 0.5) is 10.6 Å². The molecular weight excluding hydrogens is 302 g/mol. The molecule has 1 fully saturated rings. The van der Waals surface area contributed by atoms with Gasteiger partial charge in [0.2, 0.25) is 0 Å². The molecule has 6 nitrogen and oxygen atoms in total. The fourth-order valence-corrected chi connectivity index (χ4v) is 3.20. The zero-order valence-corrected chi connectivity index (χ0v) is 13.5. The van der Waals surface area contributed by atoms with E-state index < -0.39 is 0 Å². The Hall–Kier alpha value is -2.89. The number of rotatable bonds is 4. The number of urea groups is 1. The number of amides is 2. The average molecular weight is 321 g/mol. The molecule has 0 bridgehead atoms. The van der Waals surface area contributed by atoms with Crippen LogP contribution in [0.1, 0.15) is 24.0 Å². The Bertz CT molecular complexity index is 897. The first-order valence-electron chi connectivity index (χ1n) is 8.08. The molecule has 0 unspecified atom stereocenters. The predicted octanol–water partition coefficient (Wildman–Crippen LogP) is 2.89. The van der Waals surface area contributed by atoms with Crippen LogP contribution in [0.2, 0.25) is 0 Å². The highest BCUT2D eigenvalue weighted by Gasteiger charge is 2.45. The summed E-state index contributed by atoms with van der Waals surface area (Å²) in [5.41, 5.74) is 3.40. The SMILES string of the molecule is Cc1ccccc1C1(CNC(=O)Nc2ccnc3ccnn23)CC1. The van der Waals surface area contributed by atoms with Crippen molar-refractivity contribution in [2.75, 3.05) is 11.9 Å². The molecule has 0 radical (unpaired) electrons. The van der Waals surface area contributed by atoms with E-state index in [0.29, 0.717) is 18.0 Å². The normalized spacial score (nSPS) is 15.2. The van der Waals surface area contributed by atoms with Gasteiger partial charge in [0.05, 0.1) is 6.20 Å². The predicted molar refractivity (Wildman–Crippen MR) is 92.1 cm³/mol. The minimum absolute atomic E-state index is 0.0853. The molecule has 0 spiro atoms. The van der Waals surface area contributed by atoms with Gasteiger partial charge in [-0.25, -0.2) is 9.78 Å². The van der Waals surface area contributed by atoms with Crippen molar-refractivity contribution in [3.05, 3.63) is 59.9 Å². The second-order valence-corrected chi connectivity index (χ2v) is 6.33. The maximum atomic E-state index is 12.3. The van der Waals surface area contributed by atoms with Gasteiger partial charge >= 0.3 is 6.03 Å². The number of nitrogens with one attached hydrogen (secondary N) is 2. The Morgan fingerprint density at radius 2 is 2.04 bits per heavy atom. The van der Waals surface area contributed by atoms with Crippen molar-refractivity contribution >= 4 is 17.5 Å². The van der Waals surface area contributed by atoms with Gasteiger partial charge in [0, 0.05) is 24.2 Å². The first-order valence-corrected chi connectivity index (χ1v) is 8.08. The number of carbonyl (C=O) groups is 1. The lowest BCUT2D eigenvalue weighted by Gasteiger charge is -2.19. The molecule has 122 valence electrons. The van der Waals surface area contributed by atoms with Crippen LogP contribution in [0.3, 0.4) is 0 Å². The molecule has 0 atom stereocenters. The molecular formula is C18H19N5O. The zero-order chi connectivity index (χ0) is 16.6. The largest absolute Gasteiger partial charge is 0.337 e. The molecule has 4 rings (SSSR count). The first-order chi connectivity index (χ1) is 11.7. The van der Waals surface area contributed by atoms with E-state index in [1.165, 1.54) is 11.1 Å². The van der Waals surface area contributed by atoms with Gasteiger partial charge in [0.1, 0.15) is 5.82 Å². The minimum atomic E-state index is -0.224. The van der Waals surface area contributed by atoms with E-state index in [2.05, 4.69) is 45.8 Å². The van der Waals surface area contributed by atoms with E-state index in [1.54, 1.807) is 29.0 Å². The van der Waals surface area contributed by atoms with Gasteiger partial charge in [-0.05, 0) is 37.0 Å². The number of fused-ring (bicyclic) bond motifs is 1. The van der Waals surface area contributed by atoms with Crippen molar-refractivity contribution in [2.45, 2.75) is 25.2 Å². The topological polar surface area (TPSA) is 71.3 Å². The molecule has 0 aliphatic heterocycles. The molecule has 1 aromatic carbocycles. The molecule has 2 aromatic heterocycles. The molecule has 2 heterocycles. The maximum Gasteiger partial charge on any atom is 0.320 e. The molecule has 24 heavy (non-hydrogen) atoms. The van der Waals surface area contributed by atoms with Crippen LogP contribution >= 0.6 is 0 Å². The van der Waals surface area contributed by atoms with Crippen LogP contribution in [0.25, 0.3) is 5.65 Å². The van der Waals surface area contributed by atoms with E-state index >= 15 is 0 Å². The van der Waals surface area contributed by atoms with Crippen molar-refractivity contribution in [3.63, 3.8) is 0 Å². The van der Waals surface area contributed by atoms with Gasteiger partial charge in [-0.15, -0.1) is 0 Å². The zero-order valence-electron chi connectivity index (χ0n) is 13.5. The molecule has 1 aliphatic rings. The van der Waals surface area contributed by atoms with Gasteiger partial charge < -0.3 is 5.32 Å². The number of nitrogens with zero attached hydrogens (tertiary/aromatic N) is 3. The molecule has 0 saturated heterocycles. The maximum absolute atomic E-state index is 12.3. The summed E-state index contributed by atoms with van der Waals surface area (Å²) in [6, 6.07) is 11.7. The van der Waals surface area contributed by atoms with Crippen LogP contribution in [-0.4, -0.2) is 27.2 Å². The van der Waals surface area contributed by atoms with Gasteiger partial charge in [-0.2, -0.15) is 9.61 Å². The Labute approximate surface area is 139 Å². The minimum Gasteiger partial charge on any atom is -0.337 e. The number of aromatic nitrogens is 3. The highest BCUT2D eigenvalue weighted by Crippen LogP contribution is 2.48. The van der Waals surface area contributed by atoms with Crippen LogP contribution in [0.15, 0.2) is 48.8 Å². The monoisotopic (exact) mass is 321 g/mol. The van der Waals surface area contributed by atoms with E-state index in [9.17, 15) is 4.79 Å². The van der Waals surface area contributed by atoms with E-state index in [0.717, 1.165) is 12.8 Å². The highest BCUT2D eigenvalue weighted by molar-refractivity contribution is 5.88.